The number of amides is 1. The van der Waals surface area contributed by atoms with Crippen molar-refractivity contribution in [1.82, 2.24) is 10.0 Å². The maximum atomic E-state index is 13.0. The zero-order chi connectivity index (χ0) is 24.6. The molecule has 0 spiro atoms. The molecule has 1 amide bonds. The van der Waals surface area contributed by atoms with Crippen LogP contribution >= 0.6 is 11.6 Å². The van der Waals surface area contributed by atoms with Crippen LogP contribution in [0.15, 0.2) is 77.7 Å². The molecular formula is C25H27ClN2O5S. The first-order chi connectivity index (χ1) is 16.3. The number of ether oxygens (including phenoxy) is 2. The number of carbonyl (C=O) groups excluding carboxylic acids is 1. The van der Waals surface area contributed by atoms with Crippen LogP contribution in [0, 0.1) is 0 Å². The van der Waals surface area contributed by atoms with Gasteiger partial charge in [0.2, 0.25) is 15.9 Å². The van der Waals surface area contributed by atoms with Crippen molar-refractivity contribution in [3.63, 3.8) is 0 Å². The van der Waals surface area contributed by atoms with Gasteiger partial charge >= 0.3 is 0 Å². The van der Waals surface area contributed by atoms with E-state index in [0.29, 0.717) is 29.5 Å². The number of halogens is 1. The van der Waals surface area contributed by atoms with Crippen molar-refractivity contribution in [3.05, 3.63) is 88.9 Å². The second-order valence-electron chi connectivity index (χ2n) is 7.55. The average molecular weight is 503 g/mol. The van der Waals surface area contributed by atoms with Crippen molar-refractivity contribution in [2.75, 3.05) is 20.8 Å². The lowest BCUT2D eigenvalue weighted by Gasteiger charge is -2.19. The molecule has 34 heavy (non-hydrogen) atoms. The van der Waals surface area contributed by atoms with E-state index in [-0.39, 0.29) is 11.3 Å². The second kappa shape index (κ2) is 11.9. The Balaban J connectivity index is 1.71. The smallest absolute Gasteiger partial charge is 0.241 e. The quantitative estimate of drug-likeness (QED) is 0.418. The summed E-state index contributed by atoms with van der Waals surface area (Å²) in [4.78, 5) is 13.1. The molecule has 0 aliphatic carbocycles. The third-order valence-corrected chi connectivity index (χ3v) is 6.92. The summed E-state index contributed by atoms with van der Waals surface area (Å²) in [5.74, 6) is 0.806. The molecule has 0 aliphatic rings. The summed E-state index contributed by atoms with van der Waals surface area (Å²) >= 11 is 5.87. The highest BCUT2D eigenvalue weighted by Gasteiger charge is 2.26. The van der Waals surface area contributed by atoms with Gasteiger partial charge in [0.15, 0.2) is 11.5 Å². The van der Waals surface area contributed by atoms with E-state index in [2.05, 4.69) is 10.0 Å². The summed E-state index contributed by atoms with van der Waals surface area (Å²) in [6.07, 6.45) is 0.740. The summed E-state index contributed by atoms with van der Waals surface area (Å²) in [7, 11) is -0.810. The minimum absolute atomic E-state index is 0.0353. The normalized spacial score (nSPS) is 12.1. The first-order valence-corrected chi connectivity index (χ1v) is 12.5. The van der Waals surface area contributed by atoms with Crippen LogP contribution in [0.5, 0.6) is 11.5 Å². The highest BCUT2D eigenvalue weighted by molar-refractivity contribution is 7.89. The van der Waals surface area contributed by atoms with Gasteiger partial charge in [0, 0.05) is 11.6 Å². The molecule has 0 unspecified atom stereocenters. The zero-order valence-electron chi connectivity index (χ0n) is 19.0. The van der Waals surface area contributed by atoms with E-state index in [4.69, 9.17) is 21.1 Å². The van der Waals surface area contributed by atoms with E-state index in [1.165, 1.54) is 24.3 Å². The number of methoxy groups -OCH3 is 2. The van der Waals surface area contributed by atoms with Gasteiger partial charge in [-0.2, -0.15) is 4.72 Å². The summed E-state index contributed by atoms with van der Waals surface area (Å²) in [5, 5.41) is 3.27. The molecule has 2 N–H and O–H groups in total. The molecule has 0 aliphatic heterocycles. The number of sulfonamides is 1. The Morgan fingerprint density at radius 2 is 1.59 bits per heavy atom. The molecule has 9 heteroatoms. The molecular weight excluding hydrogens is 476 g/mol. The van der Waals surface area contributed by atoms with Crippen LogP contribution in [0.2, 0.25) is 5.02 Å². The van der Waals surface area contributed by atoms with Crippen LogP contribution in [-0.2, 0) is 27.7 Å². The Morgan fingerprint density at radius 3 is 2.24 bits per heavy atom. The summed E-state index contributed by atoms with van der Waals surface area (Å²) in [6, 6.07) is 19.6. The molecule has 0 heterocycles. The fourth-order valence-electron chi connectivity index (χ4n) is 3.40. The van der Waals surface area contributed by atoms with Crippen molar-refractivity contribution < 1.29 is 22.7 Å². The Bertz CT molecular complexity index is 1200. The Labute approximate surface area is 205 Å². The first-order valence-electron chi connectivity index (χ1n) is 10.6. The van der Waals surface area contributed by atoms with Crippen LogP contribution in [0.1, 0.15) is 11.1 Å². The number of rotatable bonds is 11. The van der Waals surface area contributed by atoms with Gasteiger partial charge < -0.3 is 14.8 Å². The molecule has 7 nitrogen and oxygen atoms in total. The minimum atomic E-state index is -3.94. The maximum Gasteiger partial charge on any atom is 0.241 e. The Morgan fingerprint density at radius 1 is 0.912 bits per heavy atom. The molecule has 0 aromatic heterocycles. The molecule has 3 aromatic carbocycles. The van der Waals surface area contributed by atoms with Crippen LogP contribution in [0.25, 0.3) is 0 Å². The lowest BCUT2D eigenvalue weighted by atomic mass is 10.1. The van der Waals surface area contributed by atoms with Crippen molar-refractivity contribution in [2.45, 2.75) is 23.8 Å². The van der Waals surface area contributed by atoms with E-state index in [1.54, 1.807) is 20.3 Å². The van der Waals surface area contributed by atoms with Gasteiger partial charge in [-0.1, -0.05) is 48.0 Å². The predicted octanol–water partition coefficient (Wildman–Crippen LogP) is 3.61. The Kier molecular flexibility index (Phi) is 8.92. The predicted molar refractivity (Wildman–Crippen MR) is 132 cm³/mol. The largest absolute Gasteiger partial charge is 0.493 e. The zero-order valence-corrected chi connectivity index (χ0v) is 20.5. The van der Waals surface area contributed by atoms with Gasteiger partial charge in [-0.25, -0.2) is 8.42 Å². The molecule has 0 radical (unpaired) electrons. The molecule has 0 bridgehead atoms. The molecule has 3 aromatic rings. The maximum absolute atomic E-state index is 13.0. The van der Waals surface area contributed by atoms with E-state index >= 15 is 0 Å². The third-order valence-electron chi connectivity index (χ3n) is 5.18. The van der Waals surface area contributed by atoms with Gasteiger partial charge in [-0.3, -0.25) is 4.79 Å². The number of carbonyl (C=O) groups is 1. The van der Waals surface area contributed by atoms with Gasteiger partial charge in [-0.05, 0) is 60.4 Å². The SMILES string of the molecule is COc1ccc(CCNC(=O)[C@@H](Cc2ccccc2)NS(=O)(=O)c2ccc(Cl)cc2)cc1OC. The lowest BCUT2D eigenvalue weighted by Crippen LogP contribution is -2.48. The fraction of sp³-hybridized carbons (Fsp3) is 0.240. The van der Waals surface area contributed by atoms with Gasteiger partial charge in [0.1, 0.15) is 6.04 Å². The van der Waals surface area contributed by atoms with Crippen molar-refractivity contribution >= 4 is 27.5 Å². The molecule has 1 atom stereocenters. The van der Waals surface area contributed by atoms with E-state index < -0.39 is 22.0 Å². The second-order valence-corrected chi connectivity index (χ2v) is 9.70. The standard InChI is InChI=1S/C25H27ClN2O5S/c1-32-23-13-8-19(17-24(23)33-2)14-15-27-25(29)22(16-18-6-4-3-5-7-18)28-34(30,31)21-11-9-20(26)10-12-21/h3-13,17,22,28H,14-16H2,1-2H3,(H,27,29)/t22-/m1/s1. The lowest BCUT2D eigenvalue weighted by molar-refractivity contribution is -0.122. The van der Waals surface area contributed by atoms with Crippen molar-refractivity contribution in [2.24, 2.45) is 0 Å². The van der Waals surface area contributed by atoms with E-state index in [1.807, 2.05) is 42.5 Å². The molecule has 0 fully saturated rings. The number of nitrogens with one attached hydrogen (secondary N) is 2. The summed E-state index contributed by atoms with van der Waals surface area (Å²) in [6.45, 7) is 0.322. The Hall–Kier alpha value is -3.07. The van der Waals surface area contributed by atoms with Crippen LogP contribution < -0.4 is 19.5 Å². The molecule has 0 saturated heterocycles. The van der Waals surface area contributed by atoms with E-state index in [0.717, 1.165) is 11.1 Å². The number of benzene rings is 3. The number of hydrogen-bond acceptors (Lipinski definition) is 5. The van der Waals surface area contributed by atoms with Gasteiger partial charge in [-0.15, -0.1) is 0 Å². The van der Waals surface area contributed by atoms with Crippen LogP contribution in [0.4, 0.5) is 0 Å². The van der Waals surface area contributed by atoms with Crippen LogP contribution in [-0.4, -0.2) is 41.1 Å². The summed E-state index contributed by atoms with van der Waals surface area (Å²) in [5.41, 5.74) is 1.78. The fourth-order valence-corrected chi connectivity index (χ4v) is 4.72. The van der Waals surface area contributed by atoms with Gasteiger partial charge in [0.05, 0.1) is 19.1 Å². The minimum Gasteiger partial charge on any atom is -0.493 e. The molecule has 0 saturated carbocycles. The summed E-state index contributed by atoms with van der Waals surface area (Å²) < 4.78 is 38.9. The third kappa shape index (κ3) is 6.96. The molecule has 180 valence electrons. The highest BCUT2D eigenvalue weighted by atomic mass is 35.5. The van der Waals surface area contributed by atoms with Crippen molar-refractivity contribution in [3.8, 4) is 11.5 Å². The average Bonchev–Trinajstić information content (AvgIpc) is 2.84. The van der Waals surface area contributed by atoms with Crippen molar-refractivity contribution in [1.29, 1.82) is 0 Å². The monoisotopic (exact) mass is 502 g/mol. The van der Waals surface area contributed by atoms with Crippen LogP contribution in [0.3, 0.4) is 0 Å². The first kappa shape index (κ1) is 25.6. The topological polar surface area (TPSA) is 93.7 Å². The molecule has 3 rings (SSSR count). The highest BCUT2D eigenvalue weighted by Crippen LogP contribution is 2.27. The van der Waals surface area contributed by atoms with E-state index in [9.17, 15) is 13.2 Å². The van der Waals surface area contributed by atoms with Gasteiger partial charge in [0.25, 0.3) is 0 Å². The number of hydrogen-bond donors (Lipinski definition) is 2.